The third kappa shape index (κ3) is 4.26. The highest BCUT2D eigenvalue weighted by atomic mass is 35.5. The number of sulfonamides is 1. The lowest BCUT2D eigenvalue weighted by atomic mass is 10.1. The van der Waals surface area contributed by atoms with Gasteiger partial charge in [0.1, 0.15) is 11.4 Å². The zero-order valence-electron chi connectivity index (χ0n) is 16.4. The van der Waals surface area contributed by atoms with Gasteiger partial charge in [0.05, 0.1) is 16.4 Å². The highest BCUT2D eigenvalue weighted by molar-refractivity contribution is 7.92. The first-order valence-electron chi connectivity index (χ1n) is 9.34. The monoisotopic (exact) mass is 455 g/mol. The molecule has 158 valence electrons. The van der Waals surface area contributed by atoms with Crippen LogP contribution in [-0.4, -0.2) is 26.8 Å². The van der Waals surface area contributed by atoms with Gasteiger partial charge in [0, 0.05) is 11.3 Å². The first-order chi connectivity index (χ1) is 14.7. The molecule has 1 aliphatic rings. The molecule has 4 rings (SSSR count). The molecule has 3 aromatic carbocycles. The summed E-state index contributed by atoms with van der Waals surface area (Å²) in [6.07, 6.45) is 0. The standard InChI is InChI=1S/C22H18ClN3O4S/c1-14-5-4-6-16(11-14)25-31(29,30)20-12-15(9-10-17(20)23)22(28)26-13-21(27)24-18-7-2-3-8-19(18)26/h2-12,25H,13H2,1H3,(H,24,27). The Morgan fingerprint density at radius 2 is 1.84 bits per heavy atom. The van der Waals surface area contributed by atoms with Gasteiger partial charge in [-0.15, -0.1) is 0 Å². The number of halogens is 1. The number of fused-ring (bicyclic) bond motifs is 1. The number of carbonyl (C=O) groups excluding carboxylic acids is 2. The lowest BCUT2D eigenvalue weighted by molar-refractivity contribution is -0.115. The van der Waals surface area contributed by atoms with Crippen LogP contribution in [0.1, 0.15) is 15.9 Å². The first kappa shape index (κ1) is 20.9. The van der Waals surface area contributed by atoms with Crippen molar-refractivity contribution in [3.63, 3.8) is 0 Å². The van der Waals surface area contributed by atoms with Gasteiger partial charge in [-0.2, -0.15) is 0 Å². The first-order valence-corrected chi connectivity index (χ1v) is 11.2. The average molecular weight is 456 g/mol. The second kappa shape index (κ2) is 8.05. The van der Waals surface area contributed by atoms with Crippen LogP contribution in [0.3, 0.4) is 0 Å². The SMILES string of the molecule is Cc1cccc(NS(=O)(=O)c2cc(C(=O)N3CC(=O)Nc4ccccc43)ccc2Cl)c1. The van der Waals surface area contributed by atoms with Crippen molar-refractivity contribution in [2.24, 2.45) is 0 Å². The molecule has 0 radical (unpaired) electrons. The summed E-state index contributed by atoms with van der Waals surface area (Å²) in [5.74, 6) is -0.846. The van der Waals surface area contributed by atoms with Gasteiger partial charge in [-0.1, -0.05) is 35.9 Å². The predicted molar refractivity (Wildman–Crippen MR) is 120 cm³/mol. The molecule has 0 unspecified atom stereocenters. The summed E-state index contributed by atoms with van der Waals surface area (Å²) in [7, 11) is -4.05. The Morgan fingerprint density at radius 3 is 2.61 bits per heavy atom. The molecule has 0 spiro atoms. The minimum atomic E-state index is -4.05. The maximum atomic E-state index is 13.2. The van der Waals surface area contributed by atoms with Crippen molar-refractivity contribution in [3.8, 4) is 0 Å². The fraction of sp³-hybridized carbons (Fsp3) is 0.0909. The number of nitrogens with zero attached hydrogens (tertiary/aromatic N) is 1. The second-order valence-electron chi connectivity index (χ2n) is 7.08. The maximum absolute atomic E-state index is 13.2. The van der Waals surface area contributed by atoms with Gasteiger partial charge >= 0.3 is 0 Å². The number of nitrogens with one attached hydrogen (secondary N) is 2. The summed E-state index contributed by atoms with van der Waals surface area (Å²) in [6, 6.07) is 17.8. The minimum Gasteiger partial charge on any atom is -0.323 e. The number of hydrogen-bond donors (Lipinski definition) is 2. The van der Waals surface area contributed by atoms with E-state index in [2.05, 4.69) is 10.0 Å². The normalized spacial score (nSPS) is 13.4. The number of anilines is 3. The minimum absolute atomic E-state index is 0.0199. The van der Waals surface area contributed by atoms with E-state index in [0.29, 0.717) is 17.1 Å². The smallest absolute Gasteiger partial charge is 0.263 e. The zero-order valence-corrected chi connectivity index (χ0v) is 18.0. The molecule has 3 aromatic rings. The molecule has 0 bridgehead atoms. The fourth-order valence-corrected chi connectivity index (χ4v) is 4.91. The number of carbonyl (C=O) groups is 2. The van der Waals surface area contributed by atoms with E-state index in [4.69, 9.17) is 11.6 Å². The average Bonchev–Trinajstić information content (AvgIpc) is 2.72. The van der Waals surface area contributed by atoms with E-state index in [1.807, 2.05) is 13.0 Å². The Balaban J connectivity index is 1.70. The van der Waals surface area contributed by atoms with Crippen molar-refractivity contribution in [2.45, 2.75) is 11.8 Å². The molecular weight excluding hydrogens is 438 g/mol. The number of benzene rings is 3. The number of aryl methyl sites for hydroxylation is 1. The van der Waals surface area contributed by atoms with Crippen LogP contribution < -0.4 is 14.9 Å². The summed E-state index contributed by atoms with van der Waals surface area (Å²) in [6.45, 7) is 1.67. The van der Waals surface area contributed by atoms with E-state index < -0.39 is 15.9 Å². The van der Waals surface area contributed by atoms with Crippen molar-refractivity contribution < 1.29 is 18.0 Å². The quantitative estimate of drug-likeness (QED) is 0.620. The lowest BCUT2D eigenvalue weighted by Crippen LogP contribution is -2.42. The molecule has 0 aliphatic carbocycles. The van der Waals surface area contributed by atoms with E-state index in [-0.39, 0.29) is 27.9 Å². The van der Waals surface area contributed by atoms with Crippen LogP contribution in [-0.2, 0) is 14.8 Å². The van der Waals surface area contributed by atoms with Crippen molar-refractivity contribution in [1.29, 1.82) is 0 Å². The van der Waals surface area contributed by atoms with Crippen LogP contribution in [0.2, 0.25) is 5.02 Å². The van der Waals surface area contributed by atoms with Crippen molar-refractivity contribution in [1.82, 2.24) is 0 Å². The molecule has 1 aliphatic heterocycles. The number of hydrogen-bond acceptors (Lipinski definition) is 4. The maximum Gasteiger partial charge on any atom is 0.263 e. The van der Waals surface area contributed by atoms with Gasteiger partial charge in [-0.3, -0.25) is 19.2 Å². The summed E-state index contributed by atoms with van der Waals surface area (Å²) in [5, 5.41) is 2.69. The van der Waals surface area contributed by atoms with Crippen LogP contribution >= 0.6 is 11.6 Å². The molecule has 1 heterocycles. The van der Waals surface area contributed by atoms with Gasteiger partial charge in [0.15, 0.2) is 0 Å². The van der Waals surface area contributed by atoms with E-state index in [9.17, 15) is 18.0 Å². The largest absolute Gasteiger partial charge is 0.323 e. The zero-order chi connectivity index (χ0) is 22.2. The van der Waals surface area contributed by atoms with E-state index in [1.54, 1.807) is 42.5 Å². The Morgan fingerprint density at radius 1 is 1.06 bits per heavy atom. The summed E-state index contributed by atoms with van der Waals surface area (Å²) in [4.78, 5) is 26.3. The third-order valence-corrected chi connectivity index (χ3v) is 6.62. The van der Waals surface area contributed by atoms with Crippen LogP contribution in [0.5, 0.6) is 0 Å². The van der Waals surface area contributed by atoms with Crippen molar-refractivity contribution in [2.75, 3.05) is 21.5 Å². The molecule has 9 heteroatoms. The van der Waals surface area contributed by atoms with Crippen molar-refractivity contribution >= 4 is 50.5 Å². The molecule has 0 fully saturated rings. The second-order valence-corrected chi connectivity index (χ2v) is 9.13. The van der Waals surface area contributed by atoms with E-state index >= 15 is 0 Å². The van der Waals surface area contributed by atoms with E-state index in [0.717, 1.165) is 5.56 Å². The van der Waals surface area contributed by atoms with Gasteiger partial charge in [0.25, 0.3) is 15.9 Å². The summed E-state index contributed by atoms with van der Waals surface area (Å²) >= 11 is 6.16. The number of rotatable bonds is 4. The number of amides is 2. The summed E-state index contributed by atoms with van der Waals surface area (Å²) < 4.78 is 28.4. The lowest BCUT2D eigenvalue weighted by Gasteiger charge is -2.29. The molecule has 7 nitrogen and oxygen atoms in total. The molecule has 0 saturated heterocycles. The topological polar surface area (TPSA) is 95.6 Å². The third-order valence-electron chi connectivity index (χ3n) is 4.75. The van der Waals surface area contributed by atoms with Crippen molar-refractivity contribution in [3.05, 3.63) is 82.9 Å². The molecule has 0 atom stereocenters. The molecule has 0 saturated carbocycles. The summed E-state index contributed by atoms with van der Waals surface area (Å²) in [5.41, 5.74) is 2.41. The van der Waals surface area contributed by atoms with Gasteiger partial charge in [-0.05, 0) is 55.0 Å². The van der Waals surface area contributed by atoms with Gasteiger partial charge in [0.2, 0.25) is 5.91 Å². The molecular formula is C22H18ClN3O4S. The molecule has 31 heavy (non-hydrogen) atoms. The molecule has 2 amide bonds. The fourth-order valence-electron chi connectivity index (χ4n) is 3.33. The van der Waals surface area contributed by atoms with E-state index in [1.165, 1.54) is 23.1 Å². The Kier molecular flexibility index (Phi) is 5.43. The Bertz CT molecular complexity index is 1310. The van der Waals surface area contributed by atoms with Crippen LogP contribution in [0.4, 0.5) is 17.1 Å². The van der Waals surface area contributed by atoms with Crippen LogP contribution in [0.25, 0.3) is 0 Å². The Labute approximate surface area is 184 Å². The van der Waals surface area contributed by atoms with Crippen LogP contribution in [0.15, 0.2) is 71.6 Å². The Hall–Kier alpha value is -3.36. The highest BCUT2D eigenvalue weighted by Gasteiger charge is 2.29. The van der Waals surface area contributed by atoms with Crippen LogP contribution in [0, 0.1) is 6.92 Å². The predicted octanol–water partition coefficient (Wildman–Crippen LogP) is 4.05. The molecule has 2 N–H and O–H groups in total. The number of para-hydroxylation sites is 2. The van der Waals surface area contributed by atoms with Gasteiger partial charge in [-0.25, -0.2) is 8.42 Å². The molecule has 0 aromatic heterocycles. The van der Waals surface area contributed by atoms with Gasteiger partial charge < -0.3 is 5.32 Å². The highest BCUT2D eigenvalue weighted by Crippen LogP contribution is 2.31.